The predicted molar refractivity (Wildman–Crippen MR) is 76.4 cm³/mol. The van der Waals surface area contributed by atoms with Gasteiger partial charge in [-0.2, -0.15) is 0 Å². The van der Waals surface area contributed by atoms with Crippen molar-refractivity contribution in [3.05, 3.63) is 0 Å². The summed E-state index contributed by atoms with van der Waals surface area (Å²) in [5, 5.41) is 0. The third-order valence-electron chi connectivity index (χ3n) is 0. The fourth-order valence-corrected chi connectivity index (χ4v) is 0. The van der Waals surface area contributed by atoms with Crippen LogP contribution in [0.5, 0.6) is 0 Å². The second kappa shape index (κ2) is 10.6. The fourth-order valence-electron chi connectivity index (χ4n) is 0. The fraction of sp³-hybridized carbons (Fsp3) is 1.00. The molecule has 0 unspecified atom stereocenters. The molecule has 6 heteroatoms. The minimum absolute atomic E-state index is 0.271. The van der Waals surface area contributed by atoms with Gasteiger partial charge < -0.3 is 0 Å². The number of halogens is 6. The van der Waals surface area contributed by atoms with Crippen LogP contribution in [0, 0.1) is 0 Å². The van der Waals surface area contributed by atoms with Crippen LogP contribution in [-0.2, 0) is 0 Å². The SMILES string of the molecule is BrC(Br)Br.IC(I)I. The largest absolute Gasteiger partial charge is 0.124 e. The normalized spacial score (nSPS) is 9.00. The molecule has 0 atom stereocenters. The average molecular weight is 646 g/mol. The first-order valence-electron chi connectivity index (χ1n) is 1.31. The Balaban J connectivity index is 0. The highest BCUT2D eigenvalue weighted by atomic mass is 127. The Morgan fingerprint density at radius 1 is 0.875 bits per heavy atom. The van der Waals surface area contributed by atoms with Crippen LogP contribution in [0.4, 0.5) is 0 Å². The van der Waals surface area contributed by atoms with Crippen LogP contribution >= 0.6 is 116 Å². The standard InChI is InChI=1S/CHBr3.CHI3/c2*2-1(3)4/h2*1H. The van der Waals surface area contributed by atoms with Crippen LogP contribution < -0.4 is 0 Å². The van der Waals surface area contributed by atoms with E-state index < -0.39 is 0 Å². The van der Waals surface area contributed by atoms with Gasteiger partial charge in [0.1, 0.15) is 2.58 Å². The lowest BCUT2D eigenvalue weighted by molar-refractivity contribution is 2.28. The van der Waals surface area contributed by atoms with E-state index in [1.165, 1.54) is 0 Å². The van der Waals surface area contributed by atoms with Crippen LogP contribution in [0.2, 0.25) is 0 Å². The van der Waals surface area contributed by atoms with E-state index in [2.05, 4.69) is 116 Å². The van der Waals surface area contributed by atoms with Crippen molar-refractivity contribution in [1.82, 2.24) is 0 Å². The summed E-state index contributed by atoms with van der Waals surface area (Å²) in [5.74, 6) is 0. The van der Waals surface area contributed by atoms with Crippen LogP contribution in [0.25, 0.3) is 0 Å². The Kier molecular flexibility index (Phi) is 18.8. The Morgan fingerprint density at radius 2 is 0.875 bits per heavy atom. The highest BCUT2D eigenvalue weighted by Crippen LogP contribution is 2.16. The Labute approximate surface area is 115 Å². The quantitative estimate of drug-likeness (QED) is 0.256. The smallest absolute Gasteiger partial charge is 0.0637 e. The summed E-state index contributed by atoms with van der Waals surface area (Å²) in [4.78, 5) is 0. The number of alkyl halides is 6. The molecule has 8 heavy (non-hydrogen) atoms. The van der Waals surface area contributed by atoms with E-state index >= 15 is 0 Å². The Morgan fingerprint density at radius 3 is 0.875 bits per heavy atom. The minimum atomic E-state index is 0.271. The van der Waals surface area contributed by atoms with Gasteiger partial charge >= 0.3 is 0 Å². The van der Waals surface area contributed by atoms with Gasteiger partial charge in [-0.15, -0.1) is 0 Å². The highest BCUT2D eigenvalue weighted by Gasteiger charge is 1.77. The molecule has 0 radical (unpaired) electrons. The third-order valence-corrected chi connectivity index (χ3v) is 0. The van der Waals surface area contributed by atoms with Gasteiger partial charge in [-0.05, 0) is 0 Å². The summed E-state index contributed by atoms with van der Waals surface area (Å²) in [6.45, 7) is 0. The molecule has 0 fully saturated rings. The third kappa shape index (κ3) is 54.4. The van der Waals surface area contributed by atoms with E-state index in [4.69, 9.17) is 0 Å². The van der Waals surface area contributed by atoms with Crippen molar-refractivity contribution in [3.8, 4) is 0 Å². The average Bonchev–Trinajstić information content (AvgIpc) is 1.25. The van der Waals surface area contributed by atoms with Crippen LogP contribution in [0.3, 0.4) is 0 Å². The van der Waals surface area contributed by atoms with Gasteiger partial charge in [0.2, 0.25) is 0 Å². The maximum Gasteiger partial charge on any atom is 0.124 e. The first-order chi connectivity index (χ1) is 3.46. The molecular formula is C2H2Br3I3. The molecule has 52 valence electrons. The summed E-state index contributed by atoms with van der Waals surface area (Å²) in [7, 11) is 0. The van der Waals surface area contributed by atoms with E-state index in [9.17, 15) is 0 Å². The van der Waals surface area contributed by atoms with E-state index in [1.807, 2.05) is 0 Å². The van der Waals surface area contributed by atoms with Crippen molar-refractivity contribution in [3.63, 3.8) is 0 Å². The van der Waals surface area contributed by atoms with Crippen molar-refractivity contribution in [2.24, 2.45) is 0 Å². The number of hydrogen-bond acceptors (Lipinski definition) is 0. The molecule has 0 aromatic carbocycles. The van der Waals surface area contributed by atoms with Gasteiger partial charge in [-0.25, -0.2) is 0 Å². The van der Waals surface area contributed by atoms with Crippen molar-refractivity contribution in [2.75, 3.05) is 0 Å². The molecule has 0 aliphatic rings. The van der Waals surface area contributed by atoms with Gasteiger partial charge in [0, 0.05) is 0 Å². The van der Waals surface area contributed by atoms with Crippen LogP contribution in [-0.4, -0.2) is 2.58 Å². The van der Waals surface area contributed by atoms with Crippen molar-refractivity contribution >= 4 is 116 Å². The lowest BCUT2D eigenvalue weighted by atomic mass is 12.0. The van der Waals surface area contributed by atoms with E-state index in [-0.39, 0.29) is 2.65 Å². The zero-order chi connectivity index (χ0) is 7.15. The van der Waals surface area contributed by atoms with Crippen LogP contribution in [0.1, 0.15) is 0 Å². The molecule has 0 aliphatic carbocycles. The minimum Gasteiger partial charge on any atom is -0.0637 e. The van der Waals surface area contributed by atoms with Gasteiger partial charge in [0.15, 0.2) is 0 Å². The molecule has 0 nitrogen and oxygen atoms in total. The molecule has 0 N–H and O–H groups in total. The Hall–Kier alpha value is 3.63. The first-order valence-corrected chi connectivity index (χ1v) is 7.79. The topological polar surface area (TPSA) is 0 Å². The molecule has 0 heterocycles. The summed E-state index contributed by atoms with van der Waals surface area (Å²) in [6.07, 6.45) is 0. The van der Waals surface area contributed by atoms with Gasteiger partial charge in [-0.3, -0.25) is 0 Å². The molecule has 0 aromatic heterocycles. The molecule has 0 bridgehead atoms. The van der Waals surface area contributed by atoms with Crippen molar-refractivity contribution in [1.29, 1.82) is 0 Å². The molecule has 0 aromatic rings. The maximum absolute atomic E-state index is 3.10. The van der Waals surface area contributed by atoms with Crippen molar-refractivity contribution in [2.45, 2.75) is 2.58 Å². The molecular weight excluding hydrogens is 644 g/mol. The maximum atomic E-state index is 3.10. The second-order valence-electron chi connectivity index (χ2n) is 0.495. The highest BCUT2D eigenvalue weighted by molar-refractivity contribution is 14.3. The summed E-state index contributed by atoms with van der Waals surface area (Å²) in [5.41, 5.74) is 0. The van der Waals surface area contributed by atoms with Gasteiger partial charge in [-0.1, -0.05) is 116 Å². The zero-order valence-corrected chi connectivity index (χ0v) is 14.7. The lowest BCUT2D eigenvalue weighted by Crippen LogP contribution is -1.49. The zero-order valence-electron chi connectivity index (χ0n) is 3.42. The molecule has 0 aliphatic heterocycles. The summed E-state index contributed by atoms with van der Waals surface area (Å²) >= 11 is 16.3. The summed E-state index contributed by atoms with van der Waals surface area (Å²) in [6, 6.07) is 0. The van der Waals surface area contributed by atoms with Crippen molar-refractivity contribution < 1.29 is 0 Å². The van der Waals surface area contributed by atoms with Gasteiger partial charge in [0.25, 0.3) is 0 Å². The van der Waals surface area contributed by atoms with E-state index in [1.54, 1.807) is 0 Å². The van der Waals surface area contributed by atoms with Crippen LogP contribution in [0.15, 0.2) is 0 Å². The predicted octanol–water partition coefficient (Wildman–Crippen LogP) is 5.03. The molecule has 0 rings (SSSR count). The number of rotatable bonds is 0. The monoisotopic (exact) mass is 643 g/mol. The Bertz CT molecular complexity index is 28.0. The summed E-state index contributed by atoms with van der Waals surface area (Å²) < 4.78 is 1.01. The second-order valence-corrected chi connectivity index (χ2v) is 17.8. The first kappa shape index (κ1) is 14.2. The molecule has 0 saturated heterocycles. The lowest BCUT2D eigenvalue weighted by Gasteiger charge is -1.71. The molecule has 0 saturated carbocycles. The van der Waals surface area contributed by atoms with Gasteiger partial charge in [0.05, 0.1) is 0 Å². The van der Waals surface area contributed by atoms with E-state index in [0.717, 1.165) is -0.0619 Å². The molecule has 0 amide bonds. The molecule has 0 spiro atoms. The van der Waals surface area contributed by atoms with E-state index in [0.29, 0.717) is 0 Å². The number of hydrogen-bond donors (Lipinski definition) is 0.